The molecule has 0 radical (unpaired) electrons. The molecule has 0 saturated carbocycles. The van der Waals surface area contributed by atoms with Gasteiger partial charge in [-0.2, -0.15) is 0 Å². The topological polar surface area (TPSA) is 316 Å². The van der Waals surface area contributed by atoms with Crippen molar-refractivity contribution in [1.82, 2.24) is 30.7 Å². The molecular weight excluding hydrogens is 660 g/mol. The number of aliphatic hydroxyl groups is 2. The second-order valence-corrected chi connectivity index (χ2v) is 12.7. The van der Waals surface area contributed by atoms with Gasteiger partial charge in [0.2, 0.25) is 35.4 Å². The molecule has 280 valence electrons. The average molecular weight is 711 g/mol. The Morgan fingerprint density at radius 2 is 1.38 bits per heavy atom. The summed E-state index contributed by atoms with van der Waals surface area (Å²) in [6.45, 7) is 0.719. The third-order valence-corrected chi connectivity index (χ3v) is 9.06. The summed E-state index contributed by atoms with van der Waals surface area (Å²) in [5.74, 6) is -5.28. The molecule has 0 spiro atoms. The summed E-state index contributed by atoms with van der Waals surface area (Å²) in [5.41, 5.74) is 16.6. The molecule has 3 aliphatic rings. The summed E-state index contributed by atoms with van der Waals surface area (Å²) < 4.78 is 0. The maximum absolute atomic E-state index is 14.0. The van der Waals surface area contributed by atoms with Crippen molar-refractivity contribution in [3.05, 3.63) is 0 Å². The van der Waals surface area contributed by atoms with Crippen molar-refractivity contribution in [2.75, 3.05) is 39.3 Å². The van der Waals surface area contributed by atoms with Gasteiger partial charge in [0.15, 0.2) is 5.96 Å². The van der Waals surface area contributed by atoms with Gasteiger partial charge in [-0.1, -0.05) is 0 Å². The maximum Gasteiger partial charge on any atom is 0.322 e. The number of nitrogens with one attached hydrogen (secondary N) is 3. The van der Waals surface area contributed by atoms with Gasteiger partial charge < -0.3 is 63.2 Å². The summed E-state index contributed by atoms with van der Waals surface area (Å²) in [6, 6.07) is -6.67. The molecule has 3 saturated heterocycles. The fourth-order valence-electron chi connectivity index (χ4n) is 6.49. The largest absolute Gasteiger partial charge is 0.480 e. The average Bonchev–Trinajstić information content (AvgIpc) is 3.86. The molecule has 12 N–H and O–H groups in total. The summed E-state index contributed by atoms with van der Waals surface area (Å²) in [5, 5.41) is 35.8. The fourth-order valence-corrected chi connectivity index (χ4v) is 6.49. The summed E-state index contributed by atoms with van der Waals surface area (Å²) in [7, 11) is 0. The molecule has 0 bridgehead atoms. The van der Waals surface area contributed by atoms with E-state index in [4.69, 9.17) is 22.3 Å². The predicted molar refractivity (Wildman–Crippen MR) is 175 cm³/mol. The van der Waals surface area contributed by atoms with Crippen LogP contribution >= 0.6 is 0 Å². The van der Waals surface area contributed by atoms with E-state index in [1.165, 1.54) is 21.6 Å². The molecule has 50 heavy (non-hydrogen) atoms. The Kier molecular flexibility index (Phi) is 14.7. The smallest absolute Gasteiger partial charge is 0.322 e. The van der Waals surface area contributed by atoms with Gasteiger partial charge in [-0.25, -0.2) is 0 Å². The first-order valence-electron chi connectivity index (χ1n) is 16.8. The van der Waals surface area contributed by atoms with Crippen molar-refractivity contribution in [2.45, 2.75) is 101 Å². The van der Waals surface area contributed by atoms with Crippen LogP contribution in [0, 0.1) is 0 Å². The van der Waals surface area contributed by atoms with Crippen molar-refractivity contribution in [3.63, 3.8) is 0 Å². The molecule has 3 heterocycles. The summed E-state index contributed by atoms with van der Waals surface area (Å²) in [4.78, 5) is 98.4. The standard InChI is InChI=1S/C30H50N10O10/c1-16(42)23(37-24(45)17(31)6-2-10-34-30(32)33)29(50)40-13-5-9-21(40)28(49)39-12-4-8-20(39)27(48)38-11-3-7-19(38)26(47)36-18(15-41)25(46)35-14-22(43)44/h16-21,23,41-42H,2-15,31H2,1H3,(H,35,46)(H,36,47)(H,37,45)(H,43,44)(H4,32,33,34)/t16-,17+,18+,19+,20+,21+,23+/m1/s1. The Hall–Kier alpha value is -4.56. The number of likely N-dealkylation sites (tertiary alicyclic amines) is 3. The van der Waals surface area contributed by atoms with Crippen LogP contribution in [0.5, 0.6) is 0 Å². The first-order chi connectivity index (χ1) is 23.7. The minimum Gasteiger partial charge on any atom is -0.480 e. The number of rotatable bonds is 16. The van der Waals surface area contributed by atoms with Gasteiger partial charge in [0.25, 0.3) is 0 Å². The first-order valence-corrected chi connectivity index (χ1v) is 16.8. The van der Waals surface area contributed by atoms with Crippen LogP contribution in [0.3, 0.4) is 0 Å². The van der Waals surface area contributed by atoms with Crippen LogP contribution in [0.25, 0.3) is 0 Å². The van der Waals surface area contributed by atoms with E-state index in [-0.39, 0.29) is 45.0 Å². The van der Waals surface area contributed by atoms with Crippen LogP contribution in [0.15, 0.2) is 4.99 Å². The molecule has 0 aromatic rings. The summed E-state index contributed by atoms with van der Waals surface area (Å²) >= 11 is 0. The Morgan fingerprint density at radius 3 is 1.92 bits per heavy atom. The fraction of sp³-hybridized carbons (Fsp3) is 0.733. The first kappa shape index (κ1) is 39.9. The molecule has 0 aromatic heterocycles. The number of carboxylic acid groups (broad SMARTS) is 1. The van der Waals surface area contributed by atoms with Crippen LogP contribution in [0.1, 0.15) is 58.3 Å². The van der Waals surface area contributed by atoms with Crippen LogP contribution in [-0.4, -0.2) is 159 Å². The van der Waals surface area contributed by atoms with E-state index in [0.29, 0.717) is 38.5 Å². The number of hydrogen-bond donors (Lipinski definition) is 9. The van der Waals surface area contributed by atoms with Gasteiger partial charge in [0, 0.05) is 26.2 Å². The number of aliphatic imine (C=N–C) groups is 1. The second kappa shape index (κ2) is 18.4. The molecule has 3 fully saturated rings. The van der Waals surface area contributed by atoms with Crippen LogP contribution in [0.2, 0.25) is 0 Å². The molecule has 0 aliphatic carbocycles. The minimum atomic E-state index is -1.43. The number of nitrogens with two attached hydrogens (primary N) is 3. The van der Waals surface area contributed by atoms with Gasteiger partial charge >= 0.3 is 5.97 Å². The zero-order valence-electron chi connectivity index (χ0n) is 28.2. The van der Waals surface area contributed by atoms with Crippen molar-refractivity contribution < 1.29 is 48.9 Å². The quantitative estimate of drug-likeness (QED) is 0.0412. The number of carboxylic acids is 1. The normalized spacial score (nSPS) is 22.6. The van der Waals surface area contributed by atoms with E-state index in [0.717, 1.165) is 0 Å². The Bertz CT molecular complexity index is 1310. The number of aliphatic carboxylic acids is 1. The molecular formula is C30H50N10O10. The van der Waals surface area contributed by atoms with E-state index in [2.05, 4.69) is 20.9 Å². The van der Waals surface area contributed by atoms with Gasteiger partial charge in [-0.3, -0.25) is 38.6 Å². The lowest BCUT2D eigenvalue weighted by Gasteiger charge is -2.35. The lowest BCUT2D eigenvalue weighted by molar-refractivity contribution is -0.152. The zero-order chi connectivity index (χ0) is 37.1. The second-order valence-electron chi connectivity index (χ2n) is 12.7. The number of amides is 6. The number of hydrogen-bond acceptors (Lipinski definition) is 11. The molecule has 6 amide bonds. The summed E-state index contributed by atoms with van der Waals surface area (Å²) in [6.07, 6.45) is 1.62. The number of carbonyl (C=O) groups excluding carboxylic acids is 6. The van der Waals surface area contributed by atoms with Gasteiger partial charge in [-0.05, 0) is 58.3 Å². The van der Waals surface area contributed by atoms with Crippen molar-refractivity contribution >= 4 is 47.4 Å². The van der Waals surface area contributed by atoms with E-state index >= 15 is 0 Å². The number of carbonyl (C=O) groups is 7. The molecule has 3 rings (SSSR count). The van der Waals surface area contributed by atoms with E-state index < -0.39 is 96.9 Å². The number of aliphatic hydroxyl groups excluding tert-OH is 2. The predicted octanol–water partition coefficient (Wildman–Crippen LogP) is -5.12. The SMILES string of the molecule is C[C@@H](O)[C@H](NC(=O)[C@@H](N)CCCN=C(N)N)C(=O)N1CCC[C@H]1C(=O)N1CCC[C@H]1C(=O)N1CCC[C@H]1C(=O)N[C@@H](CO)C(=O)NCC(=O)O. The van der Waals surface area contributed by atoms with Crippen LogP contribution < -0.4 is 33.2 Å². The van der Waals surface area contributed by atoms with Crippen LogP contribution in [0.4, 0.5) is 0 Å². The minimum absolute atomic E-state index is 0.0957. The highest BCUT2D eigenvalue weighted by molar-refractivity contribution is 5.97. The van der Waals surface area contributed by atoms with Crippen molar-refractivity contribution in [1.29, 1.82) is 0 Å². The third-order valence-electron chi connectivity index (χ3n) is 9.06. The molecule has 0 unspecified atom stereocenters. The maximum atomic E-state index is 14.0. The highest BCUT2D eigenvalue weighted by Gasteiger charge is 2.47. The van der Waals surface area contributed by atoms with E-state index in [1.807, 2.05) is 0 Å². The molecule has 20 nitrogen and oxygen atoms in total. The lowest BCUT2D eigenvalue weighted by atomic mass is 10.1. The van der Waals surface area contributed by atoms with Crippen molar-refractivity contribution in [2.24, 2.45) is 22.2 Å². The van der Waals surface area contributed by atoms with Gasteiger partial charge in [0.05, 0.1) is 18.8 Å². The van der Waals surface area contributed by atoms with Crippen LogP contribution in [-0.2, 0) is 33.6 Å². The number of guanidine groups is 1. The van der Waals surface area contributed by atoms with Gasteiger partial charge in [0.1, 0.15) is 36.8 Å². The lowest BCUT2D eigenvalue weighted by Crippen LogP contribution is -2.60. The third kappa shape index (κ3) is 10.2. The monoisotopic (exact) mass is 710 g/mol. The number of nitrogens with zero attached hydrogens (tertiary/aromatic N) is 4. The Balaban J connectivity index is 1.66. The van der Waals surface area contributed by atoms with E-state index in [9.17, 15) is 43.8 Å². The highest BCUT2D eigenvalue weighted by atomic mass is 16.4. The zero-order valence-corrected chi connectivity index (χ0v) is 28.2. The Morgan fingerprint density at radius 1 is 0.840 bits per heavy atom. The molecule has 0 aromatic carbocycles. The molecule has 20 heteroatoms. The molecule has 7 atom stereocenters. The Labute approximate surface area is 289 Å². The van der Waals surface area contributed by atoms with Gasteiger partial charge in [-0.15, -0.1) is 0 Å². The van der Waals surface area contributed by atoms with E-state index in [1.54, 1.807) is 0 Å². The highest BCUT2D eigenvalue weighted by Crippen LogP contribution is 2.29. The van der Waals surface area contributed by atoms with Crippen molar-refractivity contribution in [3.8, 4) is 0 Å². The molecule has 3 aliphatic heterocycles.